The molecule has 1 aliphatic carbocycles. The Bertz CT molecular complexity index is 861. The number of carboxylic acid groups (broad SMARTS) is 1. The van der Waals surface area contributed by atoms with Crippen molar-refractivity contribution in [3.05, 3.63) is 59.7 Å². The Balaban J connectivity index is 1.84. The van der Waals surface area contributed by atoms with Crippen molar-refractivity contribution < 1.29 is 23.8 Å². The Hall–Kier alpha value is -3.00. The van der Waals surface area contributed by atoms with E-state index >= 15 is 0 Å². The number of fused-ring (bicyclic) bond motifs is 1. The predicted octanol–water partition coefficient (Wildman–Crippen LogP) is 1.89. The lowest BCUT2D eigenvalue weighted by Crippen LogP contribution is -2.44. The van der Waals surface area contributed by atoms with E-state index in [0.29, 0.717) is 12.1 Å². The van der Waals surface area contributed by atoms with E-state index in [1.165, 1.54) is 18.2 Å². The first-order valence-corrected chi connectivity index (χ1v) is 8.60. The first kappa shape index (κ1) is 18.8. The molecule has 0 saturated carbocycles. The molecule has 27 heavy (non-hydrogen) atoms. The number of hydrogen-bond acceptors (Lipinski definition) is 4. The van der Waals surface area contributed by atoms with Gasteiger partial charge in [-0.25, -0.2) is 13.9 Å². The highest BCUT2D eigenvalue weighted by Crippen LogP contribution is 2.28. The van der Waals surface area contributed by atoms with Gasteiger partial charge in [-0.3, -0.25) is 4.79 Å². The molecule has 1 unspecified atom stereocenters. The lowest BCUT2D eigenvalue weighted by Gasteiger charge is -2.13. The van der Waals surface area contributed by atoms with Crippen LogP contribution in [0.4, 0.5) is 4.39 Å². The topological polar surface area (TPSA) is 93.5 Å². The van der Waals surface area contributed by atoms with Crippen LogP contribution < -0.4 is 5.32 Å². The van der Waals surface area contributed by atoms with E-state index in [1.54, 1.807) is 16.8 Å². The molecule has 2 N–H and O–H groups in total. The number of carbonyl (C=O) groups is 2. The van der Waals surface area contributed by atoms with Gasteiger partial charge in [0, 0.05) is 11.3 Å². The van der Waals surface area contributed by atoms with Crippen molar-refractivity contribution in [2.45, 2.75) is 25.3 Å². The highest BCUT2D eigenvalue weighted by Gasteiger charge is 2.29. The molecule has 0 fully saturated rings. The zero-order chi connectivity index (χ0) is 19.4. The van der Waals surface area contributed by atoms with Gasteiger partial charge in [-0.15, -0.1) is 6.58 Å². The molecule has 0 saturated heterocycles. The highest BCUT2D eigenvalue weighted by atomic mass is 19.1. The van der Waals surface area contributed by atoms with Gasteiger partial charge >= 0.3 is 5.97 Å². The summed E-state index contributed by atoms with van der Waals surface area (Å²) in [4.78, 5) is 24.0. The molecule has 1 aromatic heterocycles. The van der Waals surface area contributed by atoms with Gasteiger partial charge in [0.2, 0.25) is 0 Å². The number of aliphatic carboxylic acids is 1. The highest BCUT2D eigenvalue weighted by molar-refractivity contribution is 5.96. The predicted molar refractivity (Wildman–Crippen MR) is 95.5 cm³/mol. The van der Waals surface area contributed by atoms with Crippen LogP contribution in [0.2, 0.25) is 0 Å². The standard InChI is InChI=1S/C19H20FN3O4/c1-2-10-27-11-15(19(25)26)21-18(24)17-14-4-3-5-16(14)23(22-17)13-8-6-12(20)7-9-13/h2,6-9,15H,1,3-5,10-11H2,(H,21,24)(H,25,26). The van der Waals surface area contributed by atoms with Crippen LogP contribution in [-0.2, 0) is 22.4 Å². The van der Waals surface area contributed by atoms with Crippen LogP contribution >= 0.6 is 0 Å². The van der Waals surface area contributed by atoms with E-state index in [2.05, 4.69) is 17.0 Å². The molecule has 142 valence electrons. The molecule has 1 amide bonds. The average Bonchev–Trinajstić information content (AvgIpc) is 3.24. The molecule has 0 spiro atoms. The molecule has 1 atom stereocenters. The third-order valence-electron chi connectivity index (χ3n) is 4.34. The number of benzene rings is 1. The number of halogens is 1. The zero-order valence-electron chi connectivity index (χ0n) is 14.7. The second-order valence-electron chi connectivity index (χ2n) is 6.21. The van der Waals surface area contributed by atoms with Crippen molar-refractivity contribution in [3.63, 3.8) is 0 Å². The van der Waals surface area contributed by atoms with Gasteiger partial charge in [-0.05, 0) is 43.5 Å². The number of carbonyl (C=O) groups excluding carboxylic acids is 1. The van der Waals surface area contributed by atoms with Crippen molar-refractivity contribution in [2.24, 2.45) is 0 Å². The summed E-state index contributed by atoms with van der Waals surface area (Å²) in [7, 11) is 0. The maximum atomic E-state index is 13.2. The second kappa shape index (κ2) is 8.13. The van der Waals surface area contributed by atoms with E-state index in [4.69, 9.17) is 4.74 Å². The summed E-state index contributed by atoms with van der Waals surface area (Å²) in [6, 6.07) is 4.65. The molecule has 3 rings (SSSR count). The Labute approximate surface area is 155 Å². The lowest BCUT2D eigenvalue weighted by atomic mass is 10.2. The smallest absolute Gasteiger partial charge is 0.328 e. The molecule has 1 heterocycles. The van der Waals surface area contributed by atoms with Crippen LogP contribution in [0.5, 0.6) is 0 Å². The lowest BCUT2D eigenvalue weighted by molar-refractivity contribution is -0.140. The molecule has 0 bridgehead atoms. The van der Waals surface area contributed by atoms with Gasteiger partial charge in [-0.1, -0.05) is 6.08 Å². The van der Waals surface area contributed by atoms with Crippen LogP contribution in [0.25, 0.3) is 5.69 Å². The maximum absolute atomic E-state index is 13.2. The molecule has 2 aromatic rings. The van der Waals surface area contributed by atoms with Crippen molar-refractivity contribution in [3.8, 4) is 5.69 Å². The third kappa shape index (κ3) is 4.06. The first-order chi connectivity index (χ1) is 13.0. The number of hydrogen-bond donors (Lipinski definition) is 2. The normalized spacial score (nSPS) is 13.8. The van der Waals surface area contributed by atoms with Crippen LogP contribution in [-0.4, -0.2) is 46.0 Å². The van der Waals surface area contributed by atoms with Gasteiger partial charge in [0.05, 0.1) is 18.9 Å². The number of amides is 1. The minimum Gasteiger partial charge on any atom is -0.480 e. The number of nitrogens with zero attached hydrogens (tertiary/aromatic N) is 2. The number of carboxylic acids is 1. The summed E-state index contributed by atoms with van der Waals surface area (Å²) in [6.07, 6.45) is 3.80. The van der Waals surface area contributed by atoms with E-state index in [-0.39, 0.29) is 24.7 Å². The number of aromatic nitrogens is 2. The molecular weight excluding hydrogens is 353 g/mol. The van der Waals surface area contributed by atoms with Crippen LogP contribution in [0.1, 0.15) is 28.2 Å². The van der Waals surface area contributed by atoms with E-state index < -0.39 is 17.9 Å². The Morgan fingerprint density at radius 2 is 2.11 bits per heavy atom. The van der Waals surface area contributed by atoms with Crippen molar-refractivity contribution >= 4 is 11.9 Å². The SMILES string of the molecule is C=CCOCC(NC(=O)c1nn(-c2ccc(F)cc2)c2c1CCC2)C(=O)O. The fraction of sp³-hybridized carbons (Fsp3) is 0.316. The molecule has 1 aliphatic rings. The third-order valence-corrected chi connectivity index (χ3v) is 4.34. The Morgan fingerprint density at radius 1 is 1.37 bits per heavy atom. The second-order valence-corrected chi connectivity index (χ2v) is 6.21. The Morgan fingerprint density at radius 3 is 2.78 bits per heavy atom. The average molecular weight is 373 g/mol. The van der Waals surface area contributed by atoms with Crippen molar-refractivity contribution in [2.75, 3.05) is 13.2 Å². The molecule has 7 nitrogen and oxygen atoms in total. The summed E-state index contributed by atoms with van der Waals surface area (Å²) in [5.41, 5.74) is 2.54. The molecule has 8 heteroatoms. The summed E-state index contributed by atoms with van der Waals surface area (Å²) in [5, 5.41) is 16.1. The van der Waals surface area contributed by atoms with Crippen molar-refractivity contribution in [1.82, 2.24) is 15.1 Å². The molecule has 0 radical (unpaired) electrons. The first-order valence-electron chi connectivity index (χ1n) is 8.60. The minimum atomic E-state index is -1.19. The number of rotatable bonds is 8. The summed E-state index contributed by atoms with van der Waals surface area (Å²) < 4.78 is 20.0. The maximum Gasteiger partial charge on any atom is 0.328 e. The largest absolute Gasteiger partial charge is 0.480 e. The fourth-order valence-electron chi connectivity index (χ4n) is 3.09. The van der Waals surface area contributed by atoms with E-state index in [9.17, 15) is 19.1 Å². The van der Waals surface area contributed by atoms with E-state index in [0.717, 1.165) is 24.1 Å². The number of nitrogens with one attached hydrogen (secondary N) is 1. The molecule has 1 aromatic carbocycles. The van der Waals surface area contributed by atoms with Crippen LogP contribution in [0, 0.1) is 5.82 Å². The van der Waals surface area contributed by atoms with Crippen LogP contribution in [0.3, 0.4) is 0 Å². The van der Waals surface area contributed by atoms with Gasteiger partial charge in [0.15, 0.2) is 11.7 Å². The van der Waals surface area contributed by atoms with Gasteiger partial charge < -0.3 is 15.2 Å². The zero-order valence-corrected chi connectivity index (χ0v) is 14.7. The summed E-state index contributed by atoms with van der Waals surface area (Å²) in [5.74, 6) is -2.12. The number of ether oxygens (including phenoxy) is 1. The van der Waals surface area contributed by atoms with Gasteiger partial charge in [0.25, 0.3) is 5.91 Å². The molecule has 0 aliphatic heterocycles. The summed E-state index contributed by atoms with van der Waals surface area (Å²) >= 11 is 0. The van der Waals surface area contributed by atoms with Gasteiger partial charge in [-0.2, -0.15) is 5.10 Å². The molecular formula is C19H20FN3O4. The summed E-state index contributed by atoms with van der Waals surface area (Å²) in [6.45, 7) is 3.51. The Kier molecular flexibility index (Phi) is 5.66. The van der Waals surface area contributed by atoms with Crippen LogP contribution in [0.15, 0.2) is 36.9 Å². The van der Waals surface area contributed by atoms with E-state index in [1.807, 2.05) is 0 Å². The minimum absolute atomic E-state index is 0.173. The van der Waals surface area contributed by atoms with Crippen molar-refractivity contribution in [1.29, 1.82) is 0 Å². The monoisotopic (exact) mass is 373 g/mol. The van der Waals surface area contributed by atoms with Gasteiger partial charge in [0.1, 0.15) is 5.82 Å². The fourth-order valence-corrected chi connectivity index (χ4v) is 3.09. The quantitative estimate of drug-likeness (QED) is 0.544.